The monoisotopic (exact) mass is 292 g/mol. The minimum Gasteiger partial charge on any atom is -0.350 e. The molecule has 0 aromatic carbocycles. The van der Waals surface area contributed by atoms with Gasteiger partial charge in [0.05, 0.1) is 0 Å². The molecule has 4 nitrogen and oxygen atoms in total. The molecule has 1 atom stereocenters. The lowest BCUT2D eigenvalue weighted by Gasteiger charge is -2.21. The van der Waals surface area contributed by atoms with Crippen molar-refractivity contribution in [2.75, 3.05) is 6.54 Å². The van der Waals surface area contributed by atoms with Gasteiger partial charge in [0.1, 0.15) is 6.04 Å². The summed E-state index contributed by atoms with van der Waals surface area (Å²) in [7, 11) is 0. The summed E-state index contributed by atoms with van der Waals surface area (Å²) in [6.07, 6.45) is -2.38. The van der Waals surface area contributed by atoms with Crippen molar-refractivity contribution < 1.29 is 22.8 Å². The first kappa shape index (κ1) is 18.2. The zero-order valence-corrected chi connectivity index (χ0v) is 11.9. The lowest BCUT2D eigenvalue weighted by Crippen LogP contribution is -2.51. The number of hydrogen-bond donors (Lipinski definition) is 2. The highest BCUT2D eigenvalue weighted by Crippen LogP contribution is 2.19. The molecule has 0 saturated carbocycles. The molecule has 0 aliphatic heterocycles. The molecule has 0 rings (SSSR count). The Morgan fingerprint density at radius 3 is 1.85 bits per heavy atom. The second-order valence-corrected chi connectivity index (χ2v) is 4.79. The molecule has 1 unspecified atom stereocenters. The summed E-state index contributed by atoms with van der Waals surface area (Å²) in [5.74, 6) is -1.47. The minimum atomic E-state index is -4.64. The quantitative estimate of drug-likeness (QED) is 0.762. The van der Waals surface area contributed by atoms with Crippen LogP contribution in [0.3, 0.4) is 0 Å². The number of carbonyl (C=O) groups is 2. The van der Waals surface area contributed by atoms with Crippen molar-refractivity contribution >= 4 is 11.8 Å². The molecule has 0 aliphatic carbocycles. The van der Waals surface area contributed by atoms with Crippen molar-refractivity contribution in [1.29, 1.82) is 0 Å². The Labute approximate surface area is 116 Å². The summed E-state index contributed by atoms with van der Waals surface area (Å²) < 4.78 is 38.2. The molecule has 20 heavy (non-hydrogen) atoms. The standard InChI is InChI=1S/C13H19F3N2O2/c1-8(2)5-11(19)17-7-10(13(14,15)16)18-12(20)6-9(3)4/h5-6,10H,7H2,1-4H3,(H,17,19)(H,18,20). The number of halogens is 3. The average molecular weight is 292 g/mol. The molecule has 0 spiro atoms. The Morgan fingerprint density at radius 1 is 1.00 bits per heavy atom. The molecule has 0 bridgehead atoms. The SMILES string of the molecule is CC(C)=CC(=O)NCC(NC(=O)C=C(C)C)C(F)(F)F. The number of rotatable bonds is 5. The van der Waals surface area contributed by atoms with Gasteiger partial charge < -0.3 is 10.6 Å². The van der Waals surface area contributed by atoms with Gasteiger partial charge in [0.2, 0.25) is 11.8 Å². The lowest BCUT2D eigenvalue weighted by atomic mass is 10.2. The van der Waals surface area contributed by atoms with Gasteiger partial charge in [0, 0.05) is 18.7 Å². The molecule has 2 amide bonds. The van der Waals surface area contributed by atoms with E-state index in [1.54, 1.807) is 27.7 Å². The van der Waals surface area contributed by atoms with Gasteiger partial charge in [0.15, 0.2) is 0 Å². The first-order valence-corrected chi connectivity index (χ1v) is 5.97. The third kappa shape index (κ3) is 8.34. The van der Waals surface area contributed by atoms with Crippen LogP contribution < -0.4 is 10.6 Å². The van der Waals surface area contributed by atoms with Gasteiger partial charge in [-0.1, -0.05) is 11.1 Å². The number of carbonyl (C=O) groups excluding carboxylic acids is 2. The van der Waals surface area contributed by atoms with Crippen molar-refractivity contribution in [3.05, 3.63) is 23.3 Å². The summed E-state index contributed by atoms with van der Waals surface area (Å²) in [5, 5.41) is 3.93. The molecule has 2 N–H and O–H groups in total. The number of amides is 2. The molecule has 0 aromatic heterocycles. The van der Waals surface area contributed by atoms with E-state index in [1.165, 1.54) is 6.08 Å². The predicted molar refractivity (Wildman–Crippen MR) is 69.9 cm³/mol. The summed E-state index contributed by atoms with van der Waals surface area (Å²) in [5.41, 5.74) is 1.25. The van der Waals surface area contributed by atoms with Gasteiger partial charge in [-0.15, -0.1) is 0 Å². The highest BCUT2D eigenvalue weighted by Gasteiger charge is 2.40. The maximum Gasteiger partial charge on any atom is 0.410 e. The van der Waals surface area contributed by atoms with Crippen LogP contribution in [-0.2, 0) is 9.59 Å². The lowest BCUT2D eigenvalue weighted by molar-refractivity contribution is -0.159. The first-order chi connectivity index (χ1) is 9.02. The van der Waals surface area contributed by atoms with Crippen molar-refractivity contribution in [2.45, 2.75) is 39.9 Å². The molecular formula is C13H19F3N2O2. The van der Waals surface area contributed by atoms with Gasteiger partial charge in [-0.2, -0.15) is 13.2 Å². The second kappa shape index (κ2) is 7.72. The Hall–Kier alpha value is -1.79. The Balaban J connectivity index is 4.69. The van der Waals surface area contributed by atoms with E-state index < -0.39 is 30.6 Å². The fraction of sp³-hybridized carbons (Fsp3) is 0.538. The minimum absolute atomic E-state index is 0.581. The van der Waals surface area contributed by atoms with Crippen molar-refractivity contribution in [3.8, 4) is 0 Å². The van der Waals surface area contributed by atoms with Crippen LogP contribution in [-0.4, -0.2) is 30.6 Å². The second-order valence-electron chi connectivity index (χ2n) is 4.79. The molecule has 0 saturated heterocycles. The van der Waals surface area contributed by atoms with E-state index in [9.17, 15) is 22.8 Å². The van der Waals surface area contributed by atoms with Crippen LogP contribution >= 0.6 is 0 Å². The smallest absolute Gasteiger partial charge is 0.350 e. The van der Waals surface area contributed by atoms with Crippen molar-refractivity contribution in [3.63, 3.8) is 0 Å². The molecule has 0 radical (unpaired) electrons. The highest BCUT2D eigenvalue weighted by molar-refractivity contribution is 5.89. The van der Waals surface area contributed by atoms with Crippen LogP contribution in [0.25, 0.3) is 0 Å². The van der Waals surface area contributed by atoms with Crippen LogP contribution in [0.4, 0.5) is 13.2 Å². The molecule has 0 fully saturated rings. The molecule has 114 valence electrons. The van der Waals surface area contributed by atoms with E-state index in [4.69, 9.17) is 0 Å². The van der Waals surface area contributed by atoms with E-state index in [0.717, 1.165) is 6.08 Å². The van der Waals surface area contributed by atoms with E-state index in [2.05, 4.69) is 5.32 Å². The third-order valence-electron chi connectivity index (χ3n) is 2.03. The maximum absolute atomic E-state index is 12.7. The van der Waals surface area contributed by atoms with E-state index >= 15 is 0 Å². The fourth-order valence-electron chi connectivity index (χ4n) is 1.24. The fourth-order valence-corrected chi connectivity index (χ4v) is 1.24. The molecule has 7 heteroatoms. The number of hydrogen-bond acceptors (Lipinski definition) is 2. The van der Waals surface area contributed by atoms with Gasteiger partial charge in [-0.05, 0) is 27.7 Å². The van der Waals surface area contributed by atoms with E-state index in [-0.39, 0.29) is 0 Å². The highest BCUT2D eigenvalue weighted by atomic mass is 19.4. The third-order valence-corrected chi connectivity index (χ3v) is 2.03. The molecular weight excluding hydrogens is 273 g/mol. The predicted octanol–water partition coefficient (Wildman–Crippen LogP) is 2.08. The number of alkyl halides is 3. The summed E-state index contributed by atoms with van der Waals surface area (Å²) in [4.78, 5) is 22.6. The topological polar surface area (TPSA) is 58.2 Å². The maximum atomic E-state index is 12.7. The Morgan fingerprint density at radius 2 is 1.45 bits per heavy atom. The van der Waals surface area contributed by atoms with Crippen LogP contribution in [0.2, 0.25) is 0 Å². The van der Waals surface area contributed by atoms with Gasteiger partial charge in [0.25, 0.3) is 0 Å². The van der Waals surface area contributed by atoms with Crippen LogP contribution in [0, 0.1) is 0 Å². The summed E-state index contributed by atoms with van der Waals surface area (Å²) in [6.45, 7) is 5.78. The molecule has 0 aliphatic rings. The first-order valence-electron chi connectivity index (χ1n) is 5.97. The summed E-state index contributed by atoms with van der Waals surface area (Å²) in [6, 6.07) is -2.12. The average Bonchev–Trinajstić information content (AvgIpc) is 2.20. The normalized spacial score (nSPS) is 12.2. The van der Waals surface area contributed by atoms with Gasteiger partial charge in [-0.3, -0.25) is 9.59 Å². The number of allylic oxidation sites excluding steroid dienone is 2. The van der Waals surface area contributed by atoms with E-state index in [0.29, 0.717) is 11.1 Å². The van der Waals surface area contributed by atoms with Crippen molar-refractivity contribution in [2.24, 2.45) is 0 Å². The van der Waals surface area contributed by atoms with E-state index in [1.807, 2.05) is 5.32 Å². The largest absolute Gasteiger partial charge is 0.410 e. The van der Waals surface area contributed by atoms with Gasteiger partial charge in [-0.25, -0.2) is 0 Å². The number of nitrogens with one attached hydrogen (secondary N) is 2. The molecule has 0 heterocycles. The molecule has 0 aromatic rings. The summed E-state index contributed by atoms with van der Waals surface area (Å²) >= 11 is 0. The zero-order chi connectivity index (χ0) is 15.9. The van der Waals surface area contributed by atoms with Crippen LogP contribution in [0.15, 0.2) is 23.3 Å². The zero-order valence-electron chi connectivity index (χ0n) is 11.9. The van der Waals surface area contributed by atoms with Crippen LogP contribution in [0.5, 0.6) is 0 Å². The Kier molecular flexibility index (Phi) is 7.02. The van der Waals surface area contributed by atoms with Crippen LogP contribution in [0.1, 0.15) is 27.7 Å². The Bertz CT molecular complexity index is 418. The van der Waals surface area contributed by atoms with Gasteiger partial charge >= 0.3 is 6.18 Å². The van der Waals surface area contributed by atoms with Crippen molar-refractivity contribution in [1.82, 2.24) is 10.6 Å².